The lowest BCUT2D eigenvalue weighted by molar-refractivity contribution is 0.145. The monoisotopic (exact) mass is 278 g/mol. The smallest absolute Gasteiger partial charge is 0.137 e. The van der Waals surface area contributed by atoms with Gasteiger partial charge in [-0.25, -0.2) is 9.97 Å². The number of aromatic nitrogens is 2. The quantitative estimate of drug-likeness (QED) is 0.835. The van der Waals surface area contributed by atoms with Gasteiger partial charge in [-0.05, 0) is 25.7 Å². The molecule has 1 aromatic rings. The van der Waals surface area contributed by atoms with Gasteiger partial charge in [0.1, 0.15) is 18.0 Å². The Kier molecular flexibility index (Phi) is 5.59. The second-order valence-electron chi connectivity index (χ2n) is 5.42. The number of rotatable bonds is 6. The third kappa shape index (κ3) is 3.60. The van der Waals surface area contributed by atoms with Crippen LogP contribution in [0.3, 0.4) is 0 Å². The number of aliphatic hydroxyl groups excluding tert-OH is 1. The molecule has 2 N–H and O–H groups in total. The minimum atomic E-state index is -0.152. The fourth-order valence-electron chi connectivity index (χ4n) is 2.63. The number of hydrogen-bond donors (Lipinski definition) is 2. The van der Waals surface area contributed by atoms with Crippen molar-refractivity contribution in [1.29, 1.82) is 0 Å². The maximum absolute atomic E-state index is 9.65. The number of hydrogen-bond acceptors (Lipinski definition) is 5. The molecule has 1 aromatic heterocycles. The Morgan fingerprint density at radius 1 is 1.25 bits per heavy atom. The van der Waals surface area contributed by atoms with Gasteiger partial charge < -0.3 is 15.3 Å². The molecule has 5 nitrogen and oxygen atoms in total. The molecule has 2 rings (SSSR count). The molecule has 0 unspecified atom stereocenters. The third-order valence-corrected chi connectivity index (χ3v) is 3.73. The van der Waals surface area contributed by atoms with E-state index in [1.165, 1.54) is 5.56 Å². The van der Waals surface area contributed by atoms with Crippen molar-refractivity contribution < 1.29 is 5.11 Å². The van der Waals surface area contributed by atoms with E-state index < -0.39 is 0 Å². The van der Waals surface area contributed by atoms with Crippen LogP contribution in [0.2, 0.25) is 0 Å². The molecule has 0 atom stereocenters. The van der Waals surface area contributed by atoms with Gasteiger partial charge in [-0.3, -0.25) is 0 Å². The van der Waals surface area contributed by atoms with Crippen LogP contribution in [-0.2, 0) is 6.42 Å². The van der Waals surface area contributed by atoms with Crippen molar-refractivity contribution in [2.75, 3.05) is 29.9 Å². The van der Waals surface area contributed by atoms with Crippen molar-refractivity contribution in [3.8, 4) is 0 Å². The van der Waals surface area contributed by atoms with Gasteiger partial charge >= 0.3 is 0 Å². The first-order valence-corrected chi connectivity index (χ1v) is 7.77. The van der Waals surface area contributed by atoms with Crippen molar-refractivity contribution in [3.05, 3.63) is 11.9 Å². The van der Waals surface area contributed by atoms with Crippen LogP contribution in [0.1, 0.15) is 45.1 Å². The van der Waals surface area contributed by atoms with Gasteiger partial charge in [-0.15, -0.1) is 0 Å². The van der Waals surface area contributed by atoms with Crippen molar-refractivity contribution in [1.82, 2.24) is 9.97 Å². The van der Waals surface area contributed by atoms with E-state index in [2.05, 4.69) is 34.0 Å². The maximum Gasteiger partial charge on any atom is 0.137 e. The summed E-state index contributed by atoms with van der Waals surface area (Å²) in [6, 6.07) is 0. The van der Waals surface area contributed by atoms with Crippen LogP contribution in [0.5, 0.6) is 0 Å². The van der Waals surface area contributed by atoms with Crippen molar-refractivity contribution in [2.24, 2.45) is 0 Å². The lowest BCUT2D eigenvalue weighted by Crippen LogP contribution is -2.37. The summed E-state index contributed by atoms with van der Waals surface area (Å²) in [5, 5.41) is 13.1. The summed E-state index contributed by atoms with van der Waals surface area (Å²) < 4.78 is 0. The average Bonchev–Trinajstić information content (AvgIpc) is 2.47. The highest BCUT2D eigenvalue weighted by molar-refractivity contribution is 5.59. The Labute approximate surface area is 121 Å². The Hall–Kier alpha value is -1.36. The van der Waals surface area contributed by atoms with E-state index in [0.29, 0.717) is 0 Å². The molecular formula is C15H26N4O. The second kappa shape index (κ2) is 7.43. The van der Waals surface area contributed by atoms with Gasteiger partial charge in [0.2, 0.25) is 0 Å². The van der Waals surface area contributed by atoms with Crippen LogP contribution in [0.4, 0.5) is 11.6 Å². The van der Waals surface area contributed by atoms with E-state index in [9.17, 15) is 5.11 Å². The summed E-state index contributed by atoms with van der Waals surface area (Å²) in [7, 11) is 0. The predicted molar refractivity (Wildman–Crippen MR) is 82.3 cm³/mol. The van der Waals surface area contributed by atoms with Gasteiger partial charge in [-0.2, -0.15) is 0 Å². The number of nitrogens with one attached hydrogen (secondary N) is 1. The molecule has 20 heavy (non-hydrogen) atoms. The lowest BCUT2D eigenvalue weighted by atomic mass is 10.1. The molecule has 0 saturated carbocycles. The third-order valence-electron chi connectivity index (χ3n) is 3.73. The lowest BCUT2D eigenvalue weighted by Gasteiger charge is -2.32. The summed E-state index contributed by atoms with van der Waals surface area (Å²) in [5.41, 5.74) is 1.22. The van der Waals surface area contributed by atoms with Gasteiger partial charge in [0.05, 0.1) is 6.10 Å². The summed E-state index contributed by atoms with van der Waals surface area (Å²) in [6.07, 6.45) is 6.30. The Balaban J connectivity index is 2.21. The number of piperidine rings is 1. The highest BCUT2D eigenvalue weighted by Gasteiger charge is 2.21. The molecule has 1 aliphatic heterocycles. The second-order valence-corrected chi connectivity index (χ2v) is 5.42. The van der Waals surface area contributed by atoms with E-state index in [0.717, 1.165) is 63.4 Å². The summed E-state index contributed by atoms with van der Waals surface area (Å²) in [6.45, 7) is 7.02. The molecule has 0 radical (unpaired) electrons. The Bertz CT molecular complexity index is 416. The first-order chi connectivity index (χ1) is 9.76. The summed E-state index contributed by atoms with van der Waals surface area (Å²) in [5.74, 6) is 2.03. The summed E-state index contributed by atoms with van der Waals surface area (Å²) in [4.78, 5) is 11.2. The molecule has 1 aliphatic rings. The number of anilines is 2. The molecule has 0 amide bonds. The largest absolute Gasteiger partial charge is 0.393 e. The van der Waals surface area contributed by atoms with Crippen LogP contribution in [0.15, 0.2) is 6.33 Å². The van der Waals surface area contributed by atoms with E-state index in [-0.39, 0.29) is 6.10 Å². The Morgan fingerprint density at radius 3 is 2.65 bits per heavy atom. The molecule has 112 valence electrons. The first-order valence-electron chi connectivity index (χ1n) is 7.77. The van der Waals surface area contributed by atoms with Crippen LogP contribution >= 0.6 is 0 Å². The zero-order valence-electron chi connectivity index (χ0n) is 12.6. The molecule has 1 fully saturated rings. The fourth-order valence-corrected chi connectivity index (χ4v) is 2.63. The zero-order valence-corrected chi connectivity index (χ0v) is 12.6. The molecule has 1 saturated heterocycles. The molecular weight excluding hydrogens is 252 g/mol. The average molecular weight is 278 g/mol. The van der Waals surface area contributed by atoms with Gasteiger partial charge in [0.25, 0.3) is 0 Å². The van der Waals surface area contributed by atoms with E-state index in [1.807, 2.05) is 0 Å². The standard InChI is InChI=1S/C15H26N4O/c1-3-5-13-14(16-8-4-2)17-11-18-15(13)19-9-6-12(20)7-10-19/h11-12,20H,3-10H2,1-2H3,(H,16,17,18). The predicted octanol–water partition coefficient (Wildman–Crippen LogP) is 2.21. The highest BCUT2D eigenvalue weighted by Crippen LogP contribution is 2.27. The SMILES string of the molecule is CCCNc1ncnc(N2CCC(O)CC2)c1CCC. The molecule has 2 heterocycles. The minimum absolute atomic E-state index is 0.152. The van der Waals surface area contributed by atoms with Gasteiger partial charge in [0, 0.05) is 25.2 Å². The maximum atomic E-state index is 9.65. The van der Waals surface area contributed by atoms with E-state index in [1.54, 1.807) is 6.33 Å². The molecule has 0 aromatic carbocycles. The highest BCUT2D eigenvalue weighted by atomic mass is 16.3. The molecule has 0 aliphatic carbocycles. The minimum Gasteiger partial charge on any atom is -0.393 e. The number of nitrogens with zero attached hydrogens (tertiary/aromatic N) is 3. The molecule has 0 spiro atoms. The van der Waals surface area contributed by atoms with Crippen molar-refractivity contribution in [2.45, 2.75) is 52.1 Å². The topological polar surface area (TPSA) is 61.3 Å². The Morgan fingerprint density at radius 2 is 2.00 bits per heavy atom. The fraction of sp³-hybridized carbons (Fsp3) is 0.733. The van der Waals surface area contributed by atoms with Crippen LogP contribution in [0.25, 0.3) is 0 Å². The van der Waals surface area contributed by atoms with Gasteiger partial charge in [0.15, 0.2) is 0 Å². The van der Waals surface area contributed by atoms with E-state index in [4.69, 9.17) is 0 Å². The van der Waals surface area contributed by atoms with Crippen LogP contribution < -0.4 is 10.2 Å². The van der Waals surface area contributed by atoms with Crippen LogP contribution in [-0.4, -0.2) is 40.8 Å². The first kappa shape index (κ1) is 15.0. The normalized spacial score (nSPS) is 16.4. The van der Waals surface area contributed by atoms with Crippen molar-refractivity contribution in [3.63, 3.8) is 0 Å². The molecule has 0 bridgehead atoms. The van der Waals surface area contributed by atoms with E-state index >= 15 is 0 Å². The number of aliphatic hydroxyl groups is 1. The molecule has 5 heteroatoms. The van der Waals surface area contributed by atoms with Crippen LogP contribution in [0, 0.1) is 0 Å². The zero-order chi connectivity index (χ0) is 14.4. The van der Waals surface area contributed by atoms with Crippen molar-refractivity contribution >= 4 is 11.6 Å². The summed E-state index contributed by atoms with van der Waals surface area (Å²) >= 11 is 0. The van der Waals surface area contributed by atoms with Gasteiger partial charge in [-0.1, -0.05) is 20.3 Å².